The standard InChI is InChI=1S/C14H24ClN5S/c1-4-20(5-2)14-18-12(15)17-13(19-14)16-10-7-8-11(9-10)21-6-3/h10-11H,4-9H2,1-3H3,(H,16,17,18,19). The second-order valence-corrected chi connectivity index (χ2v) is 7.05. The fourth-order valence-corrected chi connectivity index (χ4v) is 3.99. The molecule has 0 spiro atoms. The molecule has 0 aromatic carbocycles. The highest BCUT2D eigenvalue weighted by molar-refractivity contribution is 7.99. The van der Waals surface area contributed by atoms with E-state index in [4.69, 9.17) is 11.6 Å². The van der Waals surface area contributed by atoms with Crippen molar-refractivity contribution < 1.29 is 0 Å². The SMILES string of the molecule is CCSC1CCC(Nc2nc(Cl)nc(N(CC)CC)n2)C1. The lowest BCUT2D eigenvalue weighted by Gasteiger charge is -2.20. The quantitative estimate of drug-likeness (QED) is 0.826. The summed E-state index contributed by atoms with van der Waals surface area (Å²) in [5, 5.41) is 4.44. The third-order valence-electron chi connectivity index (χ3n) is 3.76. The molecule has 1 saturated carbocycles. The van der Waals surface area contributed by atoms with Gasteiger partial charge < -0.3 is 10.2 Å². The first-order chi connectivity index (χ1) is 10.2. The summed E-state index contributed by atoms with van der Waals surface area (Å²) in [6.07, 6.45) is 3.60. The highest BCUT2D eigenvalue weighted by Crippen LogP contribution is 2.31. The lowest BCUT2D eigenvalue weighted by Crippen LogP contribution is -2.26. The number of hydrogen-bond donors (Lipinski definition) is 1. The van der Waals surface area contributed by atoms with Crippen LogP contribution in [-0.2, 0) is 0 Å². The minimum atomic E-state index is 0.256. The van der Waals surface area contributed by atoms with Crippen LogP contribution in [0, 0.1) is 0 Å². The Hall–Kier alpha value is -0.750. The largest absolute Gasteiger partial charge is 0.351 e. The number of halogens is 1. The number of nitrogens with zero attached hydrogens (tertiary/aromatic N) is 4. The summed E-state index contributed by atoms with van der Waals surface area (Å²) in [7, 11) is 0. The number of nitrogens with one attached hydrogen (secondary N) is 1. The summed E-state index contributed by atoms with van der Waals surface area (Å²) in [6.45, 7) is 8.09. The average molecular weight is 330 g/mol. The fourth-order valence-electron chi connectivity index (χ4n) is 2.69. The van der Waals surface area contributed by atoms with E-state index in [1.54, 1.807) is 0 Å². The maximum Gasteiger partial charge on any atom is 0.231 e. The first kappa shape index (κ1) is 16.6. The van der Waals surface area contributed by atoms with Crippen LogP contribution in [0.15, 0.2) is 0 Å². The first-order valence-corrected chi connectivity index (χ1v) is 9.13. The van der Waals surface area contributed by atoms with Crippen LogP contribution < -0.4 is 10.2 Å². The van der Waals surface area contributed by atoms with Gasteiger partial charge >= 0.3 is 0 Å². The Morgan fingerprint density at radius 2 is 1.95 bits per heavy atom. The van der Waals surface area contributed by atoms with E-state index in [9.17, 15) is 0 Å². The van der Waals surface area contributed by atoms with Crippen molar-refractivity contribution in [3.63, 3.8) is 0 Å². The molecular formula is C14H24ClN5S. The molecule has 2 atom stereocenters. The number of rotatable bonds is 7. The highest BCUT2D eigenvalue weighted by Gasteiger charge is 2.25. The summed E-state index contributed by atoms with van der Waals surface area (Å²) in [5.41, 5.74) is 0. The maximum atomic E-state index is 6.04. The summed E-state index contributed by atoms with van der Waals surface area (Å²) in [6, 6.07) is 0.442. The molecular weight excluding hydrogens is 306 g/mol. The van der Waals surface area contributed by atoms with E-state index in [-0.39, 0.29) is 5.28 Å². The molecule has 0 aliphatic heterocycles. The van der Waals surface area contributed by atoms with Crippen molar-refractivity contribution in [1.29, 1.82) is 0 Å². The second kappa shape index (κ2) is 8.03. The van der Waals surface area contributed by atoms with Gasteiger partial charge in [0, 0.05) is 24.4 Å². The predicted octanol–water partition coefficient (Wildman–Crippen LogP) is 3.46. The van der Waals surface area contributed by atoms with E-state index < -0.39 is 0 Å². The molecule has 2 unspecified atom stereocenters. The predicted molar refractivity (Wildman–Crippen MR) is 91.6 cm³/mol. The van der Waals surface area contributed by atoms with Crippen LogP contribution in [0.5, 0.6) is 0 Å². The van der Waals surface area contributed by atoms with Gasteiger partial charge in [0.05, 0.1) is 0 Å². The molecule has 1 fully saturated rings. The van der Waals surface area contributed by atoms with Crippen molar-refractivity contribution in [2.75, 3.05) is 29.1 Å². The maximum absolute atomic E-state index is 6.04. The van der Waals surface area contributed by atoms with Crippen LogP contribution in [0.1, 0.15) is 40.0 Å². The van der Waals surface area contributed by atoms with Gasteiger partial charge in [0.15, 0.2) is 0 Å². The Morgan fingerprint density at radius 1 is 1.19 bits per heavy atom. The number of thioether (sulfide) groups is 1. The van der Waals surface area contributed by atoms with Gasteiger partial charge in [-0.2, -0.15) is 26.7 Å². The Balaban J connectivity index is 2.03. The van der Waals surface area contributed by atoms with Gasteiger partial charge in [-0.25, -0.2) is 0 Å². The van der Waals surface area contributed by atoms with Crippen molar-refractivity contribution in [3.8, 4) is 0 Å². The highest BCUT2D eigenvalue weighted by atomic mass is 35.5. The lowest BCUT2D eigenvalue weighted by atomic mass is 10.2. The van der Waals surface area contributed by atoms with E-state index >= 15 is 0 Å². The molecule has 1 aliphatic rings. The zero-order valence-electron chi connectivity index (χ0n) is 13.0. The molecule has 0 radical (unpaired) electrons. The Morgan fingerprint density at radius 3 is 2.62 bits per heavy atom. The Kier molecular flexibility index (Phi) is 6.36. The number of aromatic nitrogens is 3. The van der Waals surface area contributed by atoms with Gasteiger partial charge in [0.2, 0.25) is 17.2 Å². The smallest absolute Gasteiger partial charge is 0.231 e. The van der Waals surface area contributed by atoms with Crippen LogP contribution in [0.2, 0.25) is 5.28 Å². The molecule has 0 bridgehead atoms. The topological polar surface area (TPSA) is 53.9 Å². The first-order valence-electron chi connectivity index (χ1n) is 7.70. The minimum absolute atomic E-state index is 0.256. The molecule has 1 aliphatic carbocycles. The second-order valence-electron chi connectivity index (χ2n) is 5.13. The van der Waals surface area contributed by atoms with Crippen LogP contribution in [0.3, 0.4) is 0 Å². The van der Waals surface area contributed by atoms with Gasteiger partial charge in [0.1, 0.15) is 0 Å². The van der Waals surface area contributed by atoms with Crippen molar-refractivity contribution in [3.05, 3.63) is 5.28 Å². The van der Waals surface area contributed by atoms with Gasteiger partial charge in [-0.05, 0) is 50.5 Å². The van der Waals surface area contributed by atoms with Gasteiger partial charge in [0.25, 0.3) is 0 Å². The Labute approximate surface area is 136 Å². The lowest BCUT2D eigenvalue weighted by molar-refractivity contribution is 0.738. The third-order valence-corrected chi connectivity index (χ3v) is 5.16. The summed E-state index contributed by atoms with van der Waals surface area (Å²) < 4.78 is 0. The molecule has 1 N–H and O–H groups in total. The van der Waals surface area contributed by atoms with Gasteiger partial charge in [-0.15, -0.1) is 0 Å². The van der Waals surface area contributed by atoms with Gasteiger partial charge in [-0.3, -0.25) is 0 Å². The molecule has 1 aromatic heterocycles. The van der Waals surface area contributed by atoms with E-state index in [1.165, 1.54) is 25.0 Å². The van der Waals surface area contributed by atoms with Crippen molar-refractivity contribution in [2.24, 2.45) is 0 Å². The fraction of sp³-hybridized carbons (Fsp3) is 0.786. The molecule has 0 amide bonds. The van der Waals surface area contributed by atoms with Crippen LogP contribution in [-0.4, -0.2) is 45.1 Å². The molecule has 5 nitrogen and oxygen atoms in total. The summed E-state index contributed by atoms with van der Waals surface area (Å²) in [4.78, 5) is 15.0. The molecule has 118 valence electrons. The zero-order chi connectivity index (χ0) is 15.2. The van der Waals surface area contributed by atoms with Crippen molar-refractivity contribution >= 4 is 35.3 Å². The van der Waals surface area contributed by atoms with Crippen LogP contribution in [0.25, 0.3) is 0 Å². The normalized spacial score (nSPS) is 21.5. The minimum Gasteiger partial charge on any atom is -0.351 e. The number of hydrogen-bond acceptors (Lipinski definition) is 6. The van der Waals surface area contributed by atoms with Crippen LogP contribution >= 0.6 is 23.4 Å². The monoisotopic (exact) mass is 329 g/mol. The molecule has 1 aromatic rings. The van der Waals surface area contributed by atoms with Crippen molar-refractivity contribution in [2.45, 2.75) is 51.3 Å². The third kappa shape index (κ3) is 4.61. The number of anilines is 2. The average Bonchev–Trinajstić information content (AvgIpc) is 2.87. The Bertz CT molecular complexity index is 455. The van der Waals surface area contributed by atoms with E-state index in [2.05, 4.69) is 45.9 Å². The molecule has 0 saturated heterocycles. The van der Waals surface area contributed by atoms with Crippen molar-refractivity contribution in [1.82, 2.24) is 15.0 Å². The zero-order valence-corrected chi connectivity index (χ0v) is 14.5. The van der Waals surface area contributed by atoms with Gasteiger partial charge in [-0.1, -0.05) is 6.92 Å². The summed E-state index contributed by atoms with van der Waals surface area (Å²) >= 11 is 8.08. The molecule has 1 heterocycles. The van der Waals surface area contributed by atoms with E-state index in [1.807, 2.05) is 11.8 Å². The van der Waals surface area contributed by atoms with E-state index in [0.29, 0.717) is 17.9 Å². The molecule has 2 rings (SSSR count). The molecule has 7 heteroatoms. The molecule has 21 heavy (non-hydrogen) atoms. The summed E-state index contributed by atoms with van der Waals surface area (Å²) in [5.74, 6) is 2.44. The van der Waals surface area contributed by atoms with E-state index in [0.717, 1.165) is 18.3 Å². The van der Waals surface area contributed by atoms with Crippen LogP contribution in [0.4, 0.5) is 11.9 Å².